The number of amides is 3. The number of hydrogen-bond donors (Lipinski definition) is 1. The molecule has 1 N–H and O–H groups in total. The van der Waals surface area contributed by atoms with Crippen molar-refractivity contribution >= 4 is 61.6 Å². The van der Waals surface area contributed by atoms with Crippen LogP contribution in [0.3, 0.4) is 0 Å². The minimum atomic E-state index is -0.545. The molecule has 0 saturated heterocycles. The van der Waals surface area contributed by atoms with Crippen molar-refractivity contribution in [3.05, 3.63) is 105 Å². The van der Waals surface area contributed by atoms with E-state index in [1.54, 1.807) is 54.8 Å². The van der Waals surface area contributed by atoms with Crippen LogP contribution in [0.1, 0.15) is 48.4 Å². The Hall–Kier alpha value is -4.08. The Morgan fingerprint density at radius 2 is 1.59 bits per heavy atom. The zero-order valence-electron chi connectivity index (χ0n) is 19.5. The number of imide groups is 1. The molecule has 0 bridgehead atoms. The lowest BCUT2D eigenvalue weighted by Crippen LogP contribution is -2.29. The lowest BCUT2D eigenvalue weighted by molar-refractivity contribution is 0.0528. The Labute approximate surface area is 224 Å². The minimum Gasteiger partial charge on any atom is -0.462 e. The molecule has 0 fully saturated rings. The van der Waals surface area contributed by atoms with E-state index in [0.717, 1.165) is 14.9 Å². The molecule has 0 atom stereocenters. The highest BCUT2D eigenvalue weighted by Crippen LogP contribution is 2.37. The van der Waals surface area contributed by atoms with Gasteiger partial charge in [-0.05, 0) is 55.0 Å². The van der Waals surface area contributed by atoms with E-state index in [2.05, 4.69) is 21.2 Å². The van der Waals surface area contributed by atoms with Gasteiger partial charge in [0.25, 0.3) is 17.7 Å². The molecule has 7 nitrogen and oxygen atoms in total. The molecule has 0 saturated carbocycles. The highest BCUT2D eigenvalue weighted by atomic mass is 79.9. The topological polar surface area (TPSA) is 92.8 Å². The Bertz CT molecular complexity index is 1530. The van der Waals surface area contributed by atoms with E-state index in [1.807, 2.05) is 24.3 Å². The third-order valence-electron chi connectivity index (χ3n) is 5.81. The SMILES string of the molecule is CCOC(=O)c1c(-c2ccc(Br)cc2)csc1NC(=O)c1cccc(N2C(=O)c3ccccc3C2=O)c1. The van der Waals surface area contributed by atoms with Gasteiger partial charge in [0.15, 0.2) is 0 Å². The summed E-state index contributed by atoms with van der Waals surface area (Å²) in [6.07, 6.45) is 0. The number of thiophene rings is 1. The van der Waals surface area contributed by atoms with Crippen LogP contribution in [-0.4, -0.2) is 30.3 Å². The Balaban J connectivity index is 1.45. The molecule has 2 heterocycles. The van der Waals surface area contributed by atoms with E-state index in [0.29, 0.717) is 21.7 Å². The molecule has 5 rings (SSSR count). The van der Waals surface area contributed by atoms with Crippen LogP contribution in [0.25, 0.3) is 11.1 Å². The number of carbonyl (C=O) groups is 4. The standard InChI is InChI=1S/C28H19BrN2O5S/c1-2-36-28(35)23-22(16-10-12-18(29)13-11-16)15-37-25(23)30-24(32)17-6-5-7-19(14-17)31-26(33)20-8-3-4-9-21(20)27(31)34/h3-15H,2H2,1H3,(H,30,32). The summed E-state index contributed by atoms with van der Waals surface area (Å²) in [6.45, 7) is 1.90. The molecule has 1 aliphatic rings. The van der Waals surface area contributed by atoms with E-state index in [9.17, 15) is 19.2 Å². The third-order valence-corrected chi connectivity index (χ3v) is 7.24. The van der Waals surface area contributed by atoms with Gasteiger partial charge in [0.2, 0.25) is 0 Å². The van der Waals surface area contributed by atoms with E-state index < -0.39 is 23.7 Å². The summed E-state index contributed by atoms with van der Waals surface area (Å²) < 4.78 is 6.17. The normalized spacial score (nSPS) is 12.4. The Morgan fingerprint density at radius 3 is 2.24 bits per heavy atom. The van der Waals surface area contributed by atoms with Gasteiger partial charge in [0.1, 0.15) is 10.6 Å². The van der Waals surface area contributed by atoms with Crippen molar-refractivity contribution in [1.82, 2.24) is 0 Å². The predicted octanol–water partition coefficient (Wildman–Crippen LogP) is 6.41. The molecule has 1 aromatic heterocycles. The fraction of sp³-hybridized carbons (Fsp3) is 0.0714. The second-order valence-corrected chi connectivity index (χ2v) is 9.87. The van der Waals surface area contributed by atoms with Gasteiger partial charge >= 0.3 is 5.97 Å². The summed E-state index contributed by atoms with van der Waals surface area (Å²) in [7, 11) is 0. The maximum atomic E-state index is 13.2. The van der Waals surface area contributed by atoms with E-state index in [-0.39, 0.29) is 23.4 Å². The van der Waals surface area contributed by atoms with Crippen LogP contribution in [0.4, 0.5) is 10.7 Å². The number of anilines is 2. The van der Waals surface area contributed by atoms with E-state index in [4.69, 9.17) is 4.74 Å². The molecule has 0 spiro atoms. The van der Waals surface area contributed by atoms with Crippen LogP contribution in [0, 0.1) is 0 Å². The number of hydrogen-bond acceptors (Lipinski definition) is 6. The highest BCUT2D eigenvalue weighted by Gasteiger charge is 2.36. The number of halogens is 1. The van der Waals surface area contributed by atoms with Crippen molar-refractivity contribution in [3.8, 4) is 11.1 Å². The molecule has 1 aliphatic heterocycles. The van der Waals surface area contributed by atoms with E-state index >= 15 is 0 Å². The lowest BCUT2D eigenvalue weighted by Gasteiger charge is -2.15. The molecule has 0 radical (unpaired) electrons. The molecule has 184 valence electrons. The zero-order chi connectivity index (χ0) is 26.1. The molecule has 0 aliphatic carbocycles. The largest absolute Gasteiger partial charge is 0.462 e. The van der Waals surface area contributed by atoms with Crippen molar-refractivity contribution in [2.24, 2.45) is 0 Å². The summed E-state index contributed by atoms with van der Waals surface area (Å²) in [5, 5.41) is 4.94. The average Bonchev–Trinajstić information content (AvgIpc) is 3.43. The van der Waals surface area contributed by atoms with Crippen molar-refractivity contribution in [2.45, 2.75) is 6.92 Å². The van der Waals surface area contributed by atoms with Crippen LogP contribution < -0.4 is 10.2 Å². The number of esters is 1. The van der Waals surface area contributed by atoms with Crippen LogP contribution in [-0.2, 0) is 4.74 Å². The van der Waals surface area contributed by atoms with Crippen LogP contribution in [0.2, 0.25) is 0 Å². The number of carbonyl (C=O) groups excluding carboxylic acids is 4. The summed E-state index contributed by atoms with van der Waals surface area (Å²) in [5.41, 5.74) is 2.86. The fourth-order valence-corrected chi connectivity index (χ4v) is 5.30. The smallest absolute Gasteiger partial charge is 0.341 e. The molecule has 4 aromatic rings. The van der Waals surface area contributed by atoms with Gasteiger partial charge in [-0.3, -0.25) is 14.4 Å². The first-order valence-electron chi connectivity index (χ1n) is 11.3. The van der Waals surface area contributed by atoms with Crippen LogP contribution in [0.5, 0.6) is 0 Å². The van der Waals surface area contributed by atoms with Crippen LogP contribution in [0.15, 0.2) is 82.6 Å². The molecule has 0 unspecified atom stereocenters. The Morgan fingerprint density at radius 1 is 0.919 bits per heavy atom. The monoisotopic (exact) mass is 574 g/mol. The van der Waals surface area contributed by atoms with Crippen molar-refractivity contribution < 1.29 is 23.9 Å². The number of rotatable bonds is 6. The number of nitrogens with one attached hydrogen (secondary N) is 1. The predicted molar refractivity (Wildman–Crippen MR) is 145 cm³/mol. The molecule has 3 amide bonds. The summed E-state index contributed by atoms with van der Waals surface area (Å²) in [4.78, 5) is 52.9. The second-order valence-electron chi connectivity index (χ2n) is 8.08. The first-order chi connectivity index (χ1) is 17.9. The van der Waals surface area contributed by atoms with Crippen molar-refractivity contribution in [3.63, 3.8) is 0 Å². The number of ether oxygens (including phenoxy) is 1. The first kappa shape index (κ1) is 24.6. The quantitative estimate of drug-likeness (QED) is 0.212. The molecule has 37 heavy (non-hydrogen) atoms. The van der Waals surface area contributed by atoms with Gasteiger partial charge in [-0.15, -0.1) is 11.3 Å². The minimum absolute atomic E-state index is 0.185. The second kappa shape index (κ2) is 10.1. The van der Waals surface area contributed by atoms with Crippen molar-refractivity contribution in [2.75, 3.05) is 16.8 Å². The lowest BCUT2D eigenvalue weighted by atomic mass is 10.0. The maximum absolute atomic E-state index is 13.2. The molecular weight excluding hydrogens is 556 g/mol. The number of nitrogens with zero attached hydrogens (tertiary/aromatic N) is 1. The van der Waals surface area contributed by atoms with E-state index in [1.165, 1.54) is 17.4 Å². The van der Waals surface area contributed by atoms with Gasteiger partial charge in [0, 0.05) is 21.0 Å². The summed E-state index contributed by atoms with van der Waals surface area (Å²) in [6, 6.07) is 20.3. The van der Waals surface area contributed by atoms with Gasteiger partial charge in [-0.2, -0.15) is 0 Å². The summed E-state index contributed by atoms with van der Waals surface area (Å²) in [5.74, 6) is -1.93. The molecular formula is C28H19BrN2O5S. The molecule has 3 aromatic carbocycles. The first-order valence-corrected chi connectivity index (χ1v) is 13.0. The third kappa shape index (κ3) is 4.59. The summed E-state index contributed by atoms with van der Waals surface area (Å²) >= 11 is 4.62. The number of fused-ring (bicyclic) bond motifs is 1. The fourth-order valence-electron chi connectivity index (χ4n) is 4.08. The van der Waals surface area contributed by atoms with Gasteiger partial charge < -0.3 is 10.1 Å². The highest BCUT2D eigenvalue weighted by molar-refractivity contribution is 9.10. The average molecular weight is 575 g/mol. The molecule has 9 heteroatoms. The Kier molecular flexibility index (Phi) is 6.73. The maximum Gasteiger partial charge on any atom is 0.341 e. The van der Waals surface area contributed by atoms with Gasteiger partial charge in [-0.1, -0.05) is 46.3 Å². The van der Waals surface area contributed by atoms with Gasteiger partial charge in [0.05, 0.1) is 23.4 Å². The zero-order valence-corrected chi connectivity index (χ0v) is 21.9. The van der Waals surface area contributed by atoms with Gasteiger partial charge in [-0.25, -0.2) is 9.69 Å². The van der Waals surface area contributed by atoms with Crippen molar-refractivity contribution in [1.29, 1.82) is 0 Å². The van der Waals surface area contributed by atoms with Crippen LogP contribution >= 0.6 is 27.3 Å². The number of benzene rings is 3.